The number of rotatable bonds is 1. The fraction of sp³-hybridized carbons (Fsp3) is 0.267. The highest BCUT2D eigenvalue weighted by atomic mass is 19.1. The molecule has 0 N–H and O–H groups in total. The molecule has 1 heterocycles. The molecule has 3 rings (SSSR count). The van der Waals surface area contributed by atoms with Crippen LogP contribution in [0.2, 0.25) is 0 Å². The molecule has 0 saturated carbocycles. The van der Waals surface area contributed by atoms with Crippen molar-refractivity contribution in [3.05, 3.63) is 58.8 Å². The zero-order valence-corrected chi connectivity index (χ0v) is 10.1. The fourth-order valence-corrected chi connectivity index (χ4v) is 2.67. The molecule has 1 aliphatic carbocycles. The molecule has 0 amide bonds. The minimum Gasteiger partial charge on any atom is -0.468 e. The van der Waals surface area contributed by atoms with Gasteiger partial charge in [-0.15, -0.1) is 0 Å². The van der Waals surface area contributed by atoms with Gasteiger partial charge < -0.3 is 4.42 Å². The second-order valence-electron chi connectivity index (χ2n) is 4.77. The number of hydrogen-bond acceptors (Lipinski definition) is 2. The molecule has 1 aliphatic rings. The second-order valence-corrected chi connectivity index (χ2v) is 4.77. The summed E-state index contributed by atoms with van der Waals surface area (Å²) >= 11 is 0. The smallest absolute Gasteiger partial charge is 0.167 e. The van der Waals surface area contributed by atoms with Gasteiger partial charge in [-0.2, -0.15) is 0 Å². The Bertz CT molecular complexity index is 613. The van der Waals surface area contributed by atoms with E-state index in [1.54, 1.807) is 24.5 Å². The number of benzene rings is 1. The summed E-state index contributed by atoms with van der Waals surface area (Å²) in [7, 11) is 0. The van der Waals surface area contributed by atoms with E-state index in [1.807, 2.05) is 6.92 Å². The van der Waals surface area contributed by atoms with Crippen LogP contribution in [-0.4, -0.2) is 5.78 Å². The lowest BCUT2D eigenvalue weighted by Crippen LogP contribution is -2.18. The number of halogens is 1. The minimum atomic E-state index is -0.248. The summed E-state index contributed by atoms with van der Waals surface area (Å²) in [5.74, 6) is 0.381. The van der Waals surface area contributed by atoms with Gasteiger partial charge >= 0.3 is 0 Å². The molecule has 2 nitrogen and oxygen atoms in total. The molecule has 0 bridgehead atoms. The number of hydrogen-bond donors (Lipinski definition) is 0. The number of Topliss-reactive ketones (excluding diaryl/α,β-unsaturated/α-hetero) is 1. The molecule has 0 saturated heterocycles. The van der Waals surface area contributed by atoms with Crippen LogP contribution in [0.5, 0.6) is 0 Å². The fourth-order valence-electron chi connectivity index (χ4n) is 2.67. The second kappa shape index (κ2) is 4.09. The van der Waals surface area contributed by atoms with Crippen LogP contribution in [0.3, 0.4) is 0 Å². The van der Waals surface area contributed by atoms with Gasteiger partial charge in [0.15, 0.2) is 5.78 Å². The van der Waals surface area contributed by atoms with Gasteiger partial charge in [0.05, 0.1) is 11.8 Å². The van der Waals surface area contributed by atoms with E-state index < -0.39 is 0 Å². The quantitative estimate of drug-likeness (QED) is 0.766. The third-order valence-electron chi connectivity index (χ3n) is 3.54. The van der Waals surface area contributed by atoms with Crippen LogP contribution < -0.4 is 0 Å². The summed E-state index contributed by atoms with van der Waals surface area (Å²) in [6.07, 6.45) is 2.55. The average Bonchev–Trinajstić information content (AvgIpc) is 2.72. The maximum atomic E-state index is 13.7. The number of ketones is 1. The summed E-state index contributed by atoms with van der Waals surface area (Å²) in [4.78, 5) is 12.1. The van der Waals surface area contributed by atoms with Crippen molar-refractivity contribution in [3.8, 4) is 0 Å². The van der Waals surface area contributed by atoms with Crippen molar-refractivity contribution in [1.29, 1.82) is 0 Å². The van der Waals surface area contributed by atoms with Crippen LogP contribution in [0.15, 0.2) is 34.9 Å². The van der Waals surface area contributed by atoms with E-state index in [9.17, 15) is 9.18 Å². The summed E-state index contributed by atoms with van der Waals surface area (Å²) in [6, 6.07) is 6.63. The Balaban J connectivity index is 2.00. The van der Waals surface area contributed by atoms with E-state index in [2.05, 4.69) is 0 Å². The molecule has 0 fully saturated rings. The van der Waals surface area contributed by atoms with Crippen molar-refractivity contribution >= 4 is 5.78 Å². The molecule has 1 unspecified atom stereocenters. The Hall–Kier alpha value is -1.90. The van der Waals surface area contributed by atoms with Crippen LogP contribution in [0.1, 0.15) is 39.6 Å². The molecular weight excluding hydrogens is 231 g/mol. The number of furan rings is 1. The Kier molecular flexibility index (Phi) is 2.54. The first-order chi connectivity index (χ1) is 8.66. The standard InChI is InChI=1S/C15H13FO2/c1-9-8-18-14-7-10(6-13(17)15(9)14)11-4-2-3-5-12(11)16/h2-5,8,10H,6-7H2,1H3. The van der Waals surface area contributed by atoms with Crippen LogP contribution in [0.25, 0.3) is 0 Å². The van der Waals surface area contributed by atoms with Gasteiger partial charge in [-0.3, -0.25) is 4.79 Å². The topological polar surface area (TPSA) is 30.2 Å². The van der Waals surface area contributed by atoms with Gasteiger partial charge in [0.1, 0.15) is 11.6 Å². The van der Waals surface area contributed by atoms with Crippen molar-refractivity contribution in [1.82, 2.24) is 0 Å². The zero-order chi connectivity index (χ0) is 12.7. The largest absolute Gasteiger partial charge is 0.468 e. The number of carbonyl (C=O) groups is 1. The predicted octanol–water partition coefficient (Wildman–Crippen LogP) is 3.64. The van der Waals surface area contributed by atoms with Crippen molar-refractivity contribution < 1.29 is 13.6 Å². The van der Waals surface area contributed by atoms with Gasteiger partial charge in [-0.25, -0.2) is 4.39 Å². The predicted molar refractivity (Wildman–Crippen MR) is 65.2 cm³/mol. The van der Waals surface area contributed by atoms with Crippen LogP contribution >= 0.6 is 0 Å². The van der Waals surface area contributed by atoms with E-state index in [0.29, 0.717) is 29.7 Å². The number of fused-ring (bicyclic) bond motifs is 1. The first kappa shape index (κ1) is 11.2. The van der Waals surface area contributed by atoms with E-state index in [-0.39, 0.29) is 17.5 Å². The monoisotopic (exact) mass is 244 g/mol. The molecule has 0 aliphatic heterocycles. The molecule has 0 spiro atoms. The van der Waals surface area contributed by atoms with Gasteiger partial charge in [0, 0.05) is 18.8 Å². The van der Waals surface area contributed by atoms with Crippen LogP contribution in [0.4, 0.5) is 4.39 Å². The molecule has 92 valence electrons. The molecular formula is C15H13FO2. The van der Waals surface area contributed by atoms with Crippen molar-refractivity contribution in [2.24, 2.45) is 0 Å². The molecule has 2 aromatic rings. The van der Waals surface area contributed by atoms with Gasteiger partial charge in [0.2, 0.25) is 0 Å². The first-order valence-electron chi connectivity index (χ1n) is 6.01. The van der Waals surface area contributed by atoms with E-state index in [0.717, 1.165) is 5.56 Å². The average molecular weight is 244 g/mol. The lowest BCUT2D eigenvalue weighted by Gasteiger charge is -2.21. The van der Waals surface area contributed by atoms with Gasteiger partial charge in [-0.1, -0.05) is 18.2 Å². The highest BCUT2D eigenvalue weighted by molar-refractivity contribution is 5.99. The Morgan fingerprint density at radius 3 is 2.83 bits per heavy atom. The van der Waals surface area contributed by atoms with Gasteiger partial charge in [0.25, 0.3) is 0 Å². The third kappa shape index (κ3) is 1.67. The normalized spacial score (nSPS) is 18.8. The van der Waals surface area contributed by atoms with Crippen molar-refractivity contribution in [3.63, 3.8) is 0 Å². The van der Waals surface area contributed by atoms with Crippen molar-refractivity contribution in [2.75, 3.05) is 0 Å². The summed E-state index contributed by atoms with van der Waals surface area (Å²) in [5, 5.41) is 0. The zero-order valence-electron chi connectivity index (χ0n) is 10.1. The maximum absolute atomic E-state index is 13.7. The molecule has 3 heteroatoms. The molecule has 18 heavy (non-hydrogen) atoms. The maximum Gasteiger partial charge on any atom is 0.167 e. The van der Waals surface area contributed by atoms with Gasteiger partial charge in [-0.05, 0) is 24.1 Å². The number of carbonyl (C=O) groups excluding carboxylic acids is 1. The van der Waals surface area contributed by atoms with E-state index in [4.69, 9.17) is 4.42 Å². The summed E-state index contributed by atoms with van der Waals surface area (Å²) in [5.41, 5.74) is 2.18. The summed E-state index contributed by atoms with van der Waals surface area (Å²) < 4.78 is 19.1. The third-order valence-corrected chi connectivity index (χ3v) is 3.54. The highest BCUT2D eigenvalue weighted by Crippen LogP contribution is 2.35. The lowest BCUT2D eigenvalue weighted by molar-refractivity contribution is 0.0959. The molecule has 1 aromatic carbocycles. The van der Waals surface area contributed by atoms with Crippen LogP contribution in [-0.2, 0) is 6.42 Å². The molecule has 0 radical (unpaired) electrons. The Morgan fingerprint density at radius 1 is 1.28 bits per heavy atom. The van der Waals surface area contributed by atoms with Crippen LogP contribution in [0, 0.1) is 12.7 Å². The Morgan fingerprint density at radius 2 is 2.06 bits per heavy atom. The highest BCUT2D eigenvalue weighted by Gasteiger charge is 2.31. The summed E-state index contributed by atoms with van der Waals surface area (Å²) in [6.45, 7) is 1.86. The van der Waals surface area contributed by atoms with E-state index >= 15 is 0 Å². The minimum absolute atomic E-state index is 0.0516. The van der Waals surface area contributed by atoms with E-state index in [1.165, 1.54) is 6.07 Å². The first-order valence-corrected chi connectivity index (χ1v) is 6.01. The SMILES string of the molecule is Cc1coc2c1C(=O)CC(c1ccccc1F)C2. The van der Waals surface area contributed by atoms with Crippen molar-refractivity contribution in [2.45, 2.75) is 25.7 Å². The molecule has 1 aromatic heterocycles. The molecule has 1 atom stereocenters. The Labute approximate surface area is 104 Å². The lowest BCUT2D eigenvalue weighted by atomic mass is 9.82. The number of aryl methyl sites for hydroxylation is 1.